The molecular weight excluding hydrogens is 420 g/mol. The first-order valence-electron chi connectivity index (χ1n) is 6.59. The van der Waals surface area contributed by atoms with Crippen LogP contribution in [0.3, 0.4) is 0 Å². The lowest BCUT2D eigenvalue weighted by Crippen LogP contribution is -2.14. The topological polar surface area (TPSA) is 46.6 Å². The van der Waals surface area contributed by atoms with Crippen LogP contribution in [0.1, 0.15) is 5.56 Å². The Labute approximate surface area is 142 Å². The SMILES string of the molecule is COc1ccc(N2CCc3ccc(I)cc32)cc1S(=O)(=O)F. The van der Waals surface area contributed by atoms with Crippen LogP contribution in [-0.2, 0) is 16.6 Å². The van der Waals surface area contributed by atoms with E-state index in [1.165, 1.54) is 24.8 Å². The molecule has 0 N–H and O–H groups in total. The first kappa shape index (κ1) is 15.5. The summed E-state index contributed by atoms with van der Waals surface area (Å²) in [7, 11) is -3.52. The lowest BCUT2D eigenvalue weighted by molar-refractivity contribution is 0.401. The van der Waals surface area contributed by atoms with Gasteiger partial charge in [-0.15, -0.1) is 3.89 Å². The molecule has 0 bridgehead atoms. The lowest BCUT2D eigenvalue weighted by atomic mass is 10.2. The third kappa shape index (κ3) is 2.79. The quantitative estimate of drug-likeness (QED) is 0.548. The van der Waals surface area contributed by atoms with Crippen molar-refractivity contribution in [3.63, 3.8) is 0 Å². The highest BCUT2D eigenvalue weighted by Crippen LogP contribution is 2.38. The smallest absolute Gasteiger partial charge is 0.335 e. The van der Waals surface area contributed by atoms with Crippen LogP contribution >= 0.6 is 22.6 Å². The highest BCUT2D eigenvalue weighted by molar-refractivity contribution is 14.1. The molecule has 0 fully saturated rings. The number of rotatable bonds is 3. The largest absolute Gasteiger partial charge is 0.495 e. The van der Waals surface area contributed by atoms with Crippen LogP contribution in [0.2, 0.25) is 0 Å². The van der Waals surface area contributed by atoms with E-state index in [0.717, 1.165) is 22.2 Å². The van der Waals surface area contributed by atoms with Crippen molar-refractivity contribution >= 4 is 44.2 Å². The average Bonchev–Trinajstić information content (AvgIpc) is 2.88. The van der Waals surface area contributed by atoms with Crippen LogP contribution in [0.25, 0.3) is 0 Å². The van der Waals surface area contributed by atoms with E-state index in [9.17, 15) is 12.3 Å². The minimum Gasteiger partial charge on any atom is -0.495 e. The molecule has 4 nitrogen and oxygen atoms in total. The summed E-state index contributed by atoms with van der Waals surface area (Å²) in [4.78, 5) is 1.55. The summed E-state index contributed by atoms with van der Waals surface area (Å²) in [6, 6.07) is 10.7. The number of methoxy groups -OCH3 is 1. The number of halogens is 2. The van der Waals surface area contributed by atoms with Gasteiger partial charge in [0.1, 0.15) is 10.6 Å². The van der Waals surface area contributed by atoms with Gasteiger partial charge in [0.25, 0.3) is 0 Å². The van der Waals surface area contributed by atoms with Crippen molar-refractivity contribution in [2.24, 2.45) is 0 Å². The van der Waals surface area contributed by atoms with E-state index in [0.29, 0.717) is 5.69 Å². The summed E-state index contributed by atoms with van der Waals surface area (Å²) in [5.74, 6) is 0.00770. The second-order valence-electron chi connectivity index (χ2n) is 4.95. The molecular formula is C15H13FINO3S. The summed E-state index contributed by atoms with van der Waals surface area (Å²) in [5, 5.41) is 0. The zero-order valence-electron chi connectivity index (χ0n) is 11.7. The summed E-state index contributed by atoms with van der Waals surface area (Å²) in [6.45, 7) is 0.730. The molecule has 116 valence electrons. The van der Waals surface area contributed by atoms with Crippen molar-refractivity contribution in [2.75, 3.05) is 18.6 Å². The monoisotopic (exact) mass is 433 g/mol. The summed E-state index contributed by atoms with van der Waals surface area (Å²) in [6.07, 6.45) is 0.871. The first-order chi connectivity index (χ1) is 10.4. The van der Waals surface area contributed by atoms with Crippen molar-refractivity contribution in [1.82, 2.24) is 0 Å². The van der Waals surface area contributed by atoms with E-state index in [4.69, 9.17) is 4.74 Å². The zero-order chi connectivity index (χ0) is 15.9. The normalized spacial score (nSPS) is 14.0. The fourth-order valence-electron chi connectivity index (χ4n) is 2.64. The second-order valence-corrected chi connectivity index (χ2v) is 7.51. The van der Waals surface area contributed by atoms with E-state index < -0.39 is 15.1 Å². The van der Waals surface area contributed by atoms with Gasteiger partial charge in [0, 0.05) is 21.5 Å². The van der Waals surface area contributed by atoms with Crippen molar-refractivity contribution in [3.05, 3.63) is 45.5 Å². The highest BCUT2D eigenvalue weighted by Gasteiger charge is 2.24. The van der Waals surface area contributed by atoms with Gasteiger partial charge in [0.2, 0.25) is 0 Å². The van der Waals surface area contributed by atoms with Crippen LogP contribution in [0.15, 0.2) is 41.3 Å². The third-order valence-electron chi connectivity index (χ3n) is 3.66. The van der Waals surface area contributed by atoms with Gasteiger partial charge in [-0.2, -0.15) is 8.42 Å². The maximum absolute atomic E-state index is 13.5. The predicted molar refractivity (Wildman–Crippen MR) is 91.2 cm³/mol. The summed E-state index contributed by atoms with van der Waals surface area (Å²) in [5.41, 5.74) is 2.86. The van der Waals surface area contributed by atoms with E-state index in [-0.39, 0.29) is 5.75 Å². The van der Waals surface area contributed by atoms with Crippen molar-refractivity contribution < 1.29 is 17.0 Å². The average molecular weight is 433 g/mol. The summed E-state index contributed by atoms with van der Waals surface area (Å²) < 4.78 is 42.1. The minimum absolute atomic E-state index is 0.00770. The molecule has 7 heteroatoms. The zero-order valence-corrected chi connectivity index (χ0v) is 14.7. The van der Waals surface area contributed by atoms with Crippen LogP contribution in [-0.4, -0.2) is 22.1 Å². The maximum atomic E-state index is 13.5. The van der Waals surface area contributed by atoms with Gasteiger partial charge < -0.3 is 9.64 Å². The van der Waals surface area contributed by atoms with Gasteiger partial charge in [-0.05, 0) is 64.9 Å². The fourth-order valence-corrected chi connectivity index (χ4v) is 3.77. The molecule has 0 unspecified atom stereocenters. The molecule has 0 aromatic heterocycles. The lowest BCUT2D eigenvalue weighted by Gasteiger charge is -2.21. The fraction of sp³-hybridized carbons (Fsp3) is 0.200. The van der Waals surface area contributed by atoms with Gasteiger partial charge in [-0.1, -0.05) is 6.07 Å². The van der Waals surface area contributed by atoms with E-state index in [1.54, 1.807) is 6.07 Å². The third-order valence-corrected chi connectivity index (χ3v) is 5.18. The van der Waals surface area contributed by atoms with Gasteiger partial charge in [-0.3, -0.25) is 0 Å². The second kappa shape index (κ2) is 5.69. The number of hydrogen-bond donors (Lipinski definition) is 0. The number of hydrogen-bond acceptors (Lipinski definition) is 4. The Balaban J connectivity index is 2.10. The van der Waals surface area contributed by atoms with E-state index in [2.05, 4.69) is 28.7 Å². The molecule has 0 saturated heterocycles. The standard InChI is InChI=1S/C15H13FINO3S/c1-21-14-5-4-12(9-15(14)22(16,19)20)18-7-6-10-2-3-11(17)8-13(10)18/h2-5,8-9H,6-7H2,1H3. The molecule has 0 saturated carbocycles. The number of nitrogens with zero attached hydrogens (tertiary/aromatic N) is 1. The molecule has 22 heavy (non-hydrogen) atoms. The van der Waals surface area contributed by atoms with Crippen LogP contribution in [0, 0.1) is 3.57 Å². The van der Waals surface area contributed by atoms with Gasteiger partial charge >= 0.3 is 10.2 Å². The Kier molecular flexibility index (Phi) is 4.02. The Morgan fingerprint density at radius 3 is 2.68 bits per heavy atom. The molecule has 2 aromatic rings. The van der Waals surface area contributed by atoms with Crippen molar-refractivity contribution in [1.29, 1.82) is 0 Å². The molecule has 0 radical (unpaired) electrons. The minimum atomic E-state index is -4.84. The van der Waals surface area contributed by atoms with Gasteiger partial charge in [0.05, 0.1) is 7.11 Å². The Bertz CT molecular complexity index is 839. The molecule has 1 aliphatic heterocycles. The van der Waals surface area contributed by atoms with Crippen molar-refractivity contribution in [3.8, 4) is 5.75 Å². The van der Waals surface area contributed by atoms with Crippen LogP contribution < -0.4 is 9.64 Å². The Hall–Kier alpha value is -1.35. The molecule has 0 aliphatic carbocycles. The highest BCUT2D eigenvalue weighted by atomic mass is 127. The van der Waals surface area contributed by atoms with Crippen LogP contribution in [0.4, 0.5) is 15.3 Å². The molecule has 3 rings (SSSR count). The van der Waals surface area contributed by atoms with Gasteiger partial charge in [-0.25, -0.2) is 0 Å². The number of anilines is 2. The van der Waals surface area contributed by atoms with Crippen molar-refractivity contribution in [2.45, 2.75) is 11.3 Å². The summed E-state index contributed by atoms with van der Waals surface area (Å²) >= 11 is 2.23. The van der Waals surface area contributed by atoms with E-state index in [1.807, 2.05) is 17.0 Å². The molecule has 0 atom stereocenters. The molecule has 0 spiro atoms. The molecule has 1 heterocycles. The van der Waals surface area contributed by atoms with Gasteiger partial charge in [0.15, 0.2) is 0 Å². The number of ether oxygens (including phenoxy) is 1. The van der Waals surface area contributed by atoms with Crippen LogP contribution in [0.5, 0.6) is 5.75 Å². The molecule has 0 amide bonds. The predicted octanol–water partition coefficient (Wildman–Crippen LogP) is 3.65. The first-order valence-corrected chi connectivity index (χ1v) is 9.05. The number of benzene rings is 2. The Morgan fingerprint density at radius 2 is 2.00 bits per heavy atom. The maximum Gasteiger partial charge on any atom is 0.335 e. The molecule has 1 aliphatic rings. The number of fused-ring (bicyclic) bond motifs is 1. The van der Waals surface area contributed by atoms with E-state index >= 15 is 0 Å². The molecule has 2 aromatic carbocycles. The Morgan fingerprint density at radius 1 is 1.23 bits per heavy atom.